The number of phenols is 1. The van der Waals surface area contributed by atoms with Crippen molar-refractivity contribution in [2.24, 2.45) is 0 Å². The zero-order valence-electron chi connectivity index (χ0n) is 17.3. The van der Waals surface area contributed by atoms with E-state index in [4.69, 9.17) is 4.74 Å². The standard InChI is InChI=1S/C26H24N2O3/c1-31-22-12-6-5-11-20(22)25(28-23(29)16-13-18-8-3-2-4-9-18)21-15-14-19-10-7-17-27-24(19)26(21)30/h2-12,14-15,17,25,30H,13,16H2,1H3,(H,28,29). The van der Waals surface area contributed by atoms with Crippen LogP contribution >= 0.6 is 0 Å². The van der Waals surface area contributed by atoms with Crippen molar-refractivity contribution in [1.82, 2.24) is 10.3 Å². The molecule has 0 radical (unpaired) electrons. The minimum atomic E-state index is -0.578. The van der Waals surface area contributed by atoms with Crippen LogP contribution in [0.25, 0.3) is 10.9 Å². The molecule has 1 unspecified atom stereocenters. The fourth-order valence-electron chi connectivity index (χ4n) is 3.74. The topological polar surface area (TPSA) is 71.5 Å². The van der Waals surface area contributed by atoms with E-state index in [2.05, 4.69) is 10.3 Å². The molecule has 2 N–H and O–H groups in total. The molecule has 4 rings (SSSR count). The summed E-state index contributed by atoms with van der Waals surface area (Å²) < 4.78 is 5.54. The van der Waals surface area contributed by atoms with Gasteiger partial charge in [0.05, 0.1) is 13.2 Å². The molecule has 1 heterocycles. The molecule has 0 saturated carbocycles. The van der Waals surface area contributed by atoms with Crippen LogP contribution < -0.4 is 10.1 Å². The first-order chi connectivity index (χ1) is 15.2. The van der Waals surface area contributed by atoms with Crippen LogP contribution in [-0.4, -0.2) is 23.1 Å². The Morgan fingerprint density at radius 3 is 2.55 bits per heavy atom. The molecule has 1 amide bonds. The SMILES string of the molecule is COc1ccccc1C(NC(=O)CCc1ccccc1)c1ccc2cccnc2c1O. The highest BCUT2D eigenvalue weighted by Gasteiger charge is 2.24. The average molecular weight is 412 g/mol. The summed E-state index contributed by atoms with van der Waals surface area (Å²) in [4.78, 5) is 17.2. The number of nitrogens with zero attached hydrogens (tertiary/aromatic N) is 1. The number of pyridine rings is 1. The second kappa shape index (κ2) is 9.30. The number of aromatic hydroxyl groups is 1. The lowest BCUT2D eigenvalue weighted by Gasteiger charge is -2.23. The number of nitrogens with one attached hydrogen (secondary N) is 1. The third-order valence-corrected chi connectivity index (χ3v) is 5.33. The van der Waals surface area contributed by atoms with Gasteiger partial charge in [-0.3, -0.25) is 9.78 Å². The molecular formula is C26H24N2O3. The highest BCUT2D eigenvalue weighted by atomic mass is 16.5. The molecule has 0 saturated heterocycles. The molecule has 1 atom stereocenters. The number of amides is 1. The van der Waals surface area contributed by atoms with Crippen LogP contribution in [0.15, 0.2) is 85.1 Å². The van der Waals surface area contributed by atoms with E-state index in [1.807, 2.05) is 78.9 Å². The van der Waals surface area contributed by atoms with Crippen LogP contribution in [-0.2, 0) is 11.2 Å². The lowest BCUT2D eigenvalue weighted by molar-refractivity contribution is -0.121. The van der Waals surface area contributed by atoms with Gasteiger partial charge in [-0.1, -0.05) is 66.7 Å². The van der Waals surface area contributed by atoms with Gasteiger partial charge in [-0.05, 0) is 24.1 Å². The summed E-state index contributed by atoms with van der Waals surface area (Å²) in [6.45, 7) is 0. The van der Waals surface area contributed by atoms with E-state index in [1.54, 1.807) is 13.3 Å². The normalized spacial score (nSPS) is 11.8. The molecule has 31 heavy (non-hydrogen) atoms. The Labute approximate surface area is 181 Å². The van der Waals surface area contributed by atoms with Crippen molar-refractivity contribution < 1.29 is 14.6 Å². The molecule has 0 aliphatic carbocycles. The van der Waals surface area contributed by atoms with E-state index in [-0.39, 0.29) is 11.7 Å². The number of methoxy groups -OCH3 is 1. The van der Waals surface area contributed by atoms with Crippen molar-refractivity contribution in [3.63, 3.8) is 0 Å². The minimum Gasteiger partial charge on any atom is -0.505 e. The third-order valence-electron chi connectivity index (χ3n) is 5.33. The number of carbonyl (C=O) groups is 1. The molecule has 156 valence electrons. The summed E-state index contributed by atoms with van der Waals surface area (Å²) in [5, 5.41) is 14.9. The molecular weight excluding hydrogens is 388 g/mol. The summed E-state index contributed by atoms with van der Waals surface area (Å²) in [5.41, 5.74) is 2.94. The molecule has 0 aliphatic heterocycles. The molecule has 4 aromatic rings. The van der Waals surface area contributed by atoms with Crippen molar-refractivity contribution in [1.29, 1.82) is 0 Å². The van der Waals surface area contributed by atoms with E-state index in [9.17, 15) is 9.90 Å². The molecule has 0 spiro atoms. The van der Waals surface area contributed by atoms with Gasteiger partial charge in [0.25, 0.3) is 0 Å². The fraction of sp³-hybridized carbons (Fsp3) is 0.154. The average Bonchev–Trinajstić information content (AvgIpc) is 2.82. The van der Waals surface area contributed by atoms with Crippen molar-refractivity contribution in [3.05, 3.63) is 102 Å². The fourth-order valence-corrected chi connectivity index (χ4v) is 3.74. The summed E-state index contributed by atoms with van der Waals surface area (Å²) in [7, 11) is 1.59. The lowest BCUT2D eigenvalue weighted by atomic mass is 9.95. The van der Waals surface area contributed by atoms with E-state index in [1.165, 1.54) is 0 Å². The number of hydrogen-bond donors (Lipinski definition) is 2. The lowest BCUT2D eigenvalue weighted by Crippen LogP contribution is -2.30. The van der Waals surface area contributed by atoms with Crippen LogP contribution in [0.1, 0.15) is 29.2 Å². The maximum Gasteiger partial charge on any atom is 0.221 e. The Bertz CT molecular complexity index is 1190. The first-order valence-electron chi connectivity index (χ1n) is 10.2. The Morgan fingerprint density at radius 2 is 1.74 bits per heavy atom. The number of ether oxygens (including phenoxy) is 1. The Balaban J connectivity index is 1.69. The van der Waals surface area contributed by atoms with Crippen molar-refractivity contribution in [2.45, 2.75) is 18.9 Å². The summed E-state index contributed by atoms with van der Waals surface area (Å²) in [5.74, 6) is 0.578. The van der Waals surface area contributed by atoms with Gasteiger partial charge >= 0.3 is 0 Å². The second-order valence-electron chi connectivity index (χ2n) is 7.31. The smallest absolute Gasteiger partial charge is 0.221 e. The summed E-state index contributed by atoms with van der Waals surface area (Å²) in [6.07, 6.45) is 2.61. The summed E-state index contributed by atoms with van der Waals surface area (Å²) >= 11 is 0. The van der Waals surface area contributed by atoms with Crippen LogP contribution in [0.5, 0.6) is 11.5 Å². The largest absolute Gasteiger partial charge is 0.505 e. The summed E-state index contributed by atoms with van der Waals surface area (Å²) in [6, 6.07) is 24.3. The zero-order chi connectivity index (χ0) is 21.6. The van der Waals surface area contributed by atoms with E-state index in [0.29, 0.717) is 29.7 Å². The number of para-hydroxylation sites is 1. The van der Waals surface area contributed by atoms with Crippen molar-refractivity contribution in [2.75, 3.05) is 7.11 Å². The zero-order valence-corrected chi connectivity index (χ0v) is 17.3. The van der Waals surface area contributed by atoms with Crippen LogP contribution in [0.2, 0.25) is 0 Å². The van der Waals surface area contributed by atoms with Gasteiger partial charge in [-0.25, -0.2) is 0 Å². The second-order valence-corrected chi connectivity index (χ2v) is 7.31. The van der Waals surface area contributed by atoms with Gasteiger partial charge in [0, 0.05) is 29.1 Å². The molecule has 0 bridgehead atoms. The molecule has 5 nitrogen and oxygen atoms in total. The molecule has 1 aromatic heterocycles. The van der Waals surface area contributed by atoms with Crippen molar-refractivity contribution >= 4 is 16.8 Å². The number of rotatable bonds is 7. The minimum absolute atomic E-state index is 0.0531. The van der Waals surface area contributed by atoms with Gasteiger partial charge in [0.1, 0.15) is 17.0 Å². The number of aromatic nitrogens is 1. The number of fused-ring (bicyclic) bond motifs is 1. The van der Waals surface area contributed by atoms with Crippen LogP contribution in [0.4, 0.5) is 0 Å². The first kappa shape index (κ1) is 20.4. The quantitative estimate of drug-likeness (QED) is 0.458. The highest BCUT2D eigenvalue weighted by molar-refractivity contribution is 5.86. The van der Waals surface area contributed by atoms with Gasteiger partial charge in [0.2, 0.25) is 5.91 Å². The van der Waals surface area contributed by atoms with E-state index >= 15 is 0 Å². The number of phenolic OH excluding ortho intramolecular Hbond substituents is 1. The maximum atomic E-state index is 12.9. The number of benzene rings is 3. The predicted molar refractivity (Wildman–Crippen MR) is 121 cm³/mol. The van der Waals surface area contributed by atoms with Crippen LogP contribution in [0, 0.1) is 0 Å². The van der Waals surface area contributed by atoms with Crippen molar-refractivity contribution in [3.8, 4) is 11.5 Å². The predicted octanol–water partition coefficient (Wildman–Crippen LogP) is 4.79. The van der Waals surface area contributed by atoms with Gasteiger partial charge in [-0.2, -0.15) is 0 Å². The maximum absolute atomic E-state index is 12.9. The van der Waals surface area contributed by atoms with Gasteiger partial charge < -0.3 is 15.2 Å². The highest BCUT2D eigenvalue weighted by Crippen LogP contribution is 2.37. The number of hydrogen-bond acceptors (Lipinski definition) is 4. The Morgan fingerprint density at radius 1 is 0.968 bits per heavy atom. The molecule has 5 heteroatoms. The molecule has 0 aliphatic rings. The van der Waals surface area contributed by atoms with Gasteiger partial charge in [0.15, 0.2) is 0 Å². The Hall–Kier alpha value is -3.86. The Kier molecular flexibility index (Phi) is 6.13. The van der Waals surface area contributed by atoms with Crippen LogP contribution in [0.3, 0.4) is 0 Å². The third kappa shape index (κ3) is 4.51. The number of carbonyl (C=O) groups excluding carboxylic acids is 1. The molecule has 0 fully saturated rings. The van der Waals surface area contributed by atoms with E-state index < -0.39 is 6.04 Å². The van der Waals surface area contributed by atoms with Gasteiger partial charge in [-0.15, -0.1) is 0 Å². The first-order valence-corrected chi connectivity index (χ1v) is 10.2. The monoisotopic (exact) mass is 412 g/mol. The molecule has 3 aromatic carbocycles. The van der Waals surface area contributed by atoms with E-state index in [0.717, 1.165) is 16.5 Å². The number of aryl methyl sites for hydroxylation is 1.